The number of pyridine rings is 1. The summed E-state index contributed by atoms with van der Waals surface area (Å²) in [5.74, 6) is -0.586. The largest absolute Gasteiger partial charge is 0.462 e. The van der Waals surface area contributed by atoms with Crippen molar-refractivity contribution in [1.29, 1.82) is 0 Å². The molecule has 15 heavy (non-hydrogen) atoms. The number of rotatable bonds is 2. The van der Waals surface area contributed by atoms with Crippen LogP contribution in [0.5, 0.6) is 0 Å². The van der Waals surface area contributed by atoms with Crippen molar-refractivity contribution in [3.63, 3.8) is 0 Å². The Morgan fingerprint density at radius 3 is 2.60 bits per heavy atom. The summed E-state index contributed by atoms with van der Waals surface area (Å²) < 4.78 is 5.53. The molecular formula is C10H12BrNO3. The summed E-state index contributed by atoms with van der Waals surface area (Å²) in [4.78, 5) is 25.6. The van der Waals surface area contributed by atoms with Gasteiger partial charge in [-0.2, -0.15) is 0 Å². The highest BCUT2D eigenvalue weighted by molar-refractivity contribution is 9.10. The molecule has 0 saturated heterocycles. The molecule has 0 fully saturated rings. The molecule has 1 rings (SSSR count). The number of nitrogens with one attached hydrogen (secondary N) is 1. The third-order valence-corrected chi connectivity index (χ3v) is 3.23. The van der Waals surface area contributed by atoms with E-state index >= 15 is 0 Å². The molecule has 0 spiro atoms. The van der Waals surface area contributed by atoms with Crippen molar-refractivity contribution in [2.75, 3.05) is 6.61 Å². The van der Waals surface area contributed by atoms with E-state index < -0.39 is 11.5 Å². The molecule has 0 radical (unpaired) electrons. The molecular weight excluding hydrogens is 262 g/mol. The molecule has 0 unspecified atom stereocenters. The number of hydrogen-bond donors (Lipinski definition) is 1. The lowest BCUT2D eigenvalue weighted by Gasteiger charge is -2.08. The van der Waals surface area contributed by atoms with Gasteiger partial charge in [0.05, 0.1) is 6.61 Å². The summed E-state index contributed by atoms with van der Waals surface area (Å²) in [6.07, 6.45) is 0. The first-order valence-corrected chi connectivity index (χ1v) is 5.34. The summed E-state index contributed by atoms with van der Waals surface area (Å²) >= 11 is 3.31. The number of hydrogen-bond acceptors (Lipinski definition) is 3. The van der Waals surface area contributed by atoms with E-state index in [2.05, 4.69) is 20.9 Å². The zero-order valence-corrected chi connectivity index (χ0v) is 10.4. The van der Waals surface area contributed by atoms with Crippen LogP contribution in [-0.2, 0) is 4.74 Å². The van der Waals surface area contributed by atoms with Crippen molar-refractivity contribution in [1.82, 2.24) is 4.98 Å². The van der Waals surface area contributed by atoms with E-state index in [-0.39, 0.29) is 12.2 Å². The Morgan fingerprint density at radius 2 is 2.07 bits per heavy atom. The van der Waals surface area contributed by atoms with Crippen molar-refractivity contribution >= 4 is 21.9 Å². The number of aromatic nitrogens is 1. The quantitative estimate of drug-likeness (QED) is 0.838. The molecule has 0 amide bonds. The van der Waals surface area contributed by atoms with Crippen LogP contribution < -0.4 is 5.56 Å². The topological polar surface area (TPSA) is 59.2 Å². The number of H-pyrrole nitrogens is 1. The molecule has 0 bridgehead atoms. The Labute approximate surface area is 95.8 Å². The normalized spacial score (nSPS) is 10.1. The van der Waals surface area contributed by atoms with Crippen LogP contribution in [0.1, 0.15) is 28.5 Å². The Balaban J connectivity index is 3.36. The highest BCUT2D eigenvalue weighted by Gasteiger charge is 2.18. The van der Waals surface area contributed by atoms with Crippen LogP contribution in [0.2, 0.25) is 0 Å². The lowest BCUT2D eigenvalue weighted by Crippen LogP contribution is -2.22. The molecule has 1 aromatic rings. The standard InChI is InChI=1S/C10H12BrNO3/c1-4-15-10(14)7-5(2)8(11)6(3)12-9(7)13/h4H2,1-3H3,(H,12,13). The minimum absolute atomic E-state index is 0.0642. The maximum Gasteiger partial charge on any atom is 0.344 e. The average molecular weight is 274 g/mol. The van der Waals surface area contributed by atoms with E-state index in [0.29, 0.717) is 11.3 Å². The zero-order chi connectivity index (χ0) is 11.6. The van der Waals surface area contributed by atoms with Crippen molar-refractivity contribution in [3.05, 3.63) is 31.6 Å². The molecule has 1 heterocycles. The molecule has 0 aliphatic rings. The number of esters is 1. The monoisotopic (exact) mass is 273 g/mol. The van der Waals surface area contributed by atoms with Gasteiger partial charge >= 0.3 is 5.97 Å². The minimum atomic E-state index is -0.586. The lowest BCUT2D eigenvalue weighted by atomic mass is 10.1. The molecule has 82 valence electrons. The minimum Gasteiger partial charge on any atom is -0.462 e. The van der Waals surface area contributed by atoms with Crippen LogP contribution in [0.15, 0.2) is 9.27 Å². The summed E-state index contributed by atoms with van der Waals surface area (Å²) in [6.45, 7) is 5.42. The Bertz CT molecular complexity index is 451. The molecule has 0 aliphatic carbocycles. The van der Waals surface area contributed by atoms with Crippen LogP contribution in [-0.4, -0.2) is 17.6 Å². The van der Waals surface area contributed by atoms with E-state index in [9.17, 15) is 9.59 Å². The molecule has 4 nitrogen and oxygen atoms in total. The average Bonchev–Trinajstić information content (AvgIpc) is 2.15. The van der Waals surface area contributed by atoms with Gasteiger partial charge in [0.15, 0.2) is 0 Å². The van der Waals surface area contributed by atoms with Crippen LogP contribution >= 0.6 is 15.9 Å². The van der Waals surface area contributed by atoms with Crippen molar-refractivity contribution in [2.45, 2.75) is 20.8 Å². The Hall–Kier alpha value is -1.10. The van der Waals surface area contributed by atoms with Crippen molar-refractivity contribution in [3.8, 4) is 0 Å². The third kappa shape index (κ3) is 2.28. The first-order chi connectivity index (χ1) is 6.99. The maximum absolute atomic E-state index is 11.6. The fourth-order valence-corrected chi connectivity index (χ4v) is 1.60. The number of ether oxygens (including phenoxy) is 1. The fourth-order valence-electron chi connectivity index (χ4n) is 1.30. The summed E-state index contributed by atoms with van der Waals surface area (Å²) in [6, 6.07) is 0. The lowest BCUT2D eigenvalue weighted by molar-refractivity contribution is 0.0523. The molecule has 0 atom stereocenters. The fraction of sp³-hybridized carbons (Fsp3) is 0.400. The molecule has 0 saturated carbocycles. The van der Waals surface area contributed by atoms with Gasteiger partial charge in [0.2, 0.25) is 0 Å². The van der Waals surface area contributed by atoms with E-state index in [0.717, 1.165) is 4.47 Å². The van der Waals surface area contributed by atoms with Gasteiger partial charge in [-0.1, -0.05) is 0 Å². The van der Waals surface area contributed by atoms with Gasteiger partial charge in [0.1, 0.15) is 5.56 Å². The zero-order valence-electron chi connectivity index (χ0n) is 8.81. The highest BCUT2D eigenvalue weighted by atomic mass is 79.9. The summed E-state index contributed by atoms with van der Waals surface area (Å²) in [7, 11) is 0. The second-order valence-electron chi connectivity index (χ2n) is 3.11. The second kappa shape index (κ2) is 4.61. The number of aromatic amines is 1. The van der Waals surface area contributed by atoms with E-state index in [1.54, 1.807) is 20.8 Å². The number of halogens is 1. The van der Waals surface area contributed by atoms with Gasteiger partial charge < -0.3 is 9.72 Å². The predicted molar refractivity (Wildman–Crippen MR) is 60.2 cm³/mol. The first-order valence-electron chi connectivity index (χ1n) is 4.55. The molecule has 0 aromatic carbocycles. The first kappa shape index (κ1) is 12.0. The van der Waals surface area contributed by atoms with Gasteiger partial charge in [-0.15, -0.1) is 0 Å². The van der Waals surface area contributed by atoms with Gasteiger partial charge in [-0.25, -0.2) is 4.79 Å². The highest BCUT2D eigenvalue weighted by Crippen LogP contribution is 2.20. The SMILES string of the molecule is CCOC(=O)c1c(C)c(Br)c(C)[nH]c1=O. The van der Waals surface area contributed by atoms with Gasteiger partial charge in [0, 0.05) is 10.2 Å². The van der Waals surface area contributed by atoms with Crippen LogP contribution in [0.4, 0.5) is 0 Å². The van der Waals surface area contributed by atoms with E-state index in [1.807, 2.05) is 0 Å². The Morgan fingerprint density at radius 1 is 1.47 bits per heavy atom. The van der Waals surface area contributed by atoms with Crippen molar-refractivity contribution in [2.24, 2.45) is 0 Å². The molecule has 1 aromatic heterocycles. The maximum atomic E-state index is 11.6. The van der Waals surface area contributed by atoms with Gasteiger partial charge in [-0.3, -0.25) is 4.79 Å². The predicted octanol–water partition coefficient (Wildman–Crippen LogP) is 1.93. The van der Waals surface area contributed by atoms with E-state index in [4.69, 9.17) is 4.74 Å². The van der Waals surface area contributed by atoms with E-state index in [1.165, 1.54) is 0 Å². The molecule has 1 N–H and O–H groups in total. The number of aryl methyl sites for hydroxylation is 1. The van der Waals surface area contributed by atoms with Gasteiger partial charge in [-0.05, 0) is 42.3 Å². The number of carbonyl (C=O) groups is 1. The van der Waals surface area contributed by atoms with Gasteiger partial charge in [0.25, 0.3) is 5.56 Å². The second-order valence-corrected chi connectivity index (χ2v) is 3.91. The third-order valence-electron chi connectivity index (χ3n) is 2.04. The van der Waals surface area contributed by atoms with Crippen LogP contribution in [0.25, 0.3) is 0 Å². The number of carbonyl (C=O) groups excluding carboxylic acids is 1. The molecule has 0 aliphatic heterocycles. The summed E-state index contributed by atoms with van der Waals surface area (Å²) in [5, 5.41) is 0. The molecule has 5 heteroatoms. The smallest absolute Gasteiger partial charge is 0.344 e. The van der Waals surface area contributed by atoms with Crippen molar-refractivity contribution < 1.29 is 9.53 Å². The Kier molecular flexibility index (Phi) is 3.68. The van der Waals surface area contributed by atoms with Crippen LogP contribution in [0, 0.1) is 13.8 Å². The summed E-state index contributed by atoms with van der Waals surface area (Å²) in [5.41, 5.74) is 0.959. The van der Waals surface area contributed by atoms with Crippen LogP contribution in [0.3, 0.4) is 0 Å².